The molecule has 136 valence electrons. The lowest BCUT2D eigenvalue weighted by Gasteiger charge is -2.09. The Kier molecular flexibility index (Phi) is 4.25. The molecule has 0 saturated carbocycles. The molecule has 1 N–H and O–H groups in total. The zero-order valence-corrected chi connectivity index (χ0v) is 15.3. The summed E-state index contributed by atoms with van der Waals surface area (Å²) in [6.45, 7) is 1.50. The molecule has 1 aromatic carbocycles. The maximum atomic E-state index is 11.8. The number of fused-ring (bicyclic) bond motifs is 1. The average molecular weight is 383 g/mol. The second-order valence-corrected chi connectivity index (χ2v) is 6.14. The number of nitrogens with one attached hydrogen (secondary N) is 1. The highest BCUT2D eigenvalue weighted by molar-refractivity contribution is 6.28. The molecule has 0 unspecified atom stereocenters. The highest BCUT2D eigenvalue weighted by atomic mass is 35.5. The van der Waals surface area contributed by atoms with Gasteiger partial charge in [0.05, 0.1) is 18.9 Å². The Morgan fingerprint density at radius 2 is 2.15 bits per heavy atom. The molecule has 27 heavy (non-hydrogen) atoms. The van der Waals surface area contributed by atoms with Crippen molar-refractivity contribution in [2.45, 2.75) is 6.92 Å². The second-order valence-electron chi connectivity index (χ2n) is 5.80. The second kappa shape index (κ2) is 6.73. The molecule has 4 aromatic rings. The van der Waals surface area contributed by atoms with Crippen molar-refractivity contribution >= 4 is 34.5 Å². The van der Waals surface area contributed by atoms with Crippen LogP contribution in [0.2, 0.25) is 5.28 Å². The van der Waals surface area contributed by atoms with E-state index >= 15 is 0 Å². The third kappa shape index (κ3) is 3.22. The standard InChI is InChI=1S/C18H15ClN6O2/c1-11(26)13-8-12(5-6-15(13)27-2)24-9-16(20-10-24)21-17-14-4-3-7-25(14)23-18(19)22-17/h3-10H,1-2H3,(H,21,22,23). The molecule has 0 amide bonds. The van der Waals surface area contributed by atoms with E-state index in [2.05, 4.69) is 20.4 Å². The van der Waals surface area contributed by atoms with E-state index in [9.17, 15) is 4.79 Å². The number of hydrogen-bond donors (Lipinski definition) is 1. The molecule has 0 aliphatic rings. The minimum Gasteiger partial charge on any atom is -0.496 e. The normalized spacial score (nSPS) is 10.9. The first kappa shape index (κ1) is 17.0. The number of anilines is 2. The topological polar surface area (TPSA) is 86.3 Å². The first-order valence-corrected chi connectivity index (χ1v) is 8.44. The zero-order chi connectivity index (χ0) is 19.0. The van der Waals surface area contributed by atoms with Gasteiger partial charge in [-0.25, -0.2) is 9.50 Å². The Morgan fingerprint density at radius 1 is 1.30 bits per heavy atom. The van der Waals surface area contributed by atoms with Gasteiger partial charge < -0.3 is 14.6 Å². The number of carbonyl (C=O) groups is 1. The monoisotopic (exact) mass is 382 g/mol. The predicted molar refractivity (Wildman–Crippen MR) is 101 cm³/mol. The van der Waals surface area contributed by atoms with Crippen molar-refractivity contribution in [2.75, 3.05) is 12.4 Å². The smallest absolute Gasteiger partial charge is 0.243 e. The van der Waals surface area contributed by atoms with E-state index in [4.69, 9.17) is 16.3 Å². The Balaban J connectivity index is 1.67. The van der Waals surface area contributed by atoms with Gasteiger partial charge in [-0.3, -0.25) is 4.79 Å². The Hall–Kier alpha value is -3.39. The van der Waals surface area contributed by atoms with Gasteiger partial charge in [-0.05, 0) is 48.9 Å². The van der Waals surface area contributed by atoms with E-state index in [1.54, 1.807) is 39.9 Å². The molecule has 4 rings (SSSR count). The number of ether oxygens (including phenoxy) is 1. The molecule has 0 atom stereocenters. The van der Waals surface area contributed by atoms with Gasteiger partial charge in [0.15, 0.2) is 11.6 Å². The summed E-state index contributed by atoms with van der Waals surface area (Å²) in [4.78, 5) is 20.4. The van der Waals surface area contributed by atoms with Crippen LogP contribution < -0.4 is 10.1 Å². The molecule has 0 aliphatic heterocycles. The van der Waals surface area contributed by atoms with E-state index in [0.717, 1.165) is 11.2 Å². The van der Waals surface area contributed by atoms with Crippen LogP contribution in [0.1, 0.15) is 17.3 Å². The van der Waals surface area contributed by atoms with Crippen LogP contribution in [0.15, 0.2) is 49.1 Å². The molecule has 9 heteroatoms. The molecule has 3 aromatic heterocycles. The average Bonchev–Trinajstić information content (AvgIpc) is 3.30. The number of Topliss-reactive ketones (excluding diaryl/α,β-unsaturated/α-hetero) is 1. The molecule has 0 spiro atoms. The van der Waals surface area contributed by atoms with Crippen LogP contribution in [0.4, 0.5) is 11.6 Å². The molecule has 0 radical (unpaired) electrons. The summed E-state index contributed by atoms with van der Waals surface area (Å²) in [5.41, 5.74) is 2.07. The van der Waals surface area contributed by atoms with Crippen molar-refractivity contribution in [3.05, 3.63) is 59.9 Å². The summed E-state index contributed by atoms with van der Waals surface area (Å²) in [7, 11) is 1.54. The largest absolute Gasteiger partial charge is 0.496 e. The summed E-state index contributed by atoms with van der Waals surface area (Å²) in [6.07, 6.45) is 5.22. The van der Waals surface area contributed by atoms with Crippen molar-refractivity contribution in [3.63, 3.8) is 0 Å². The van der Waals surface area contributed by atoms with E-state index in [-0.39, 0.29) is 11.1 Å². The van der Waals surface area contributed by atoms with Crippen LogP contribution in [-0.4, -0.2) is 37.0 Å². The lowest BCUT2D eigenvalue weighted by molar-refractivity contribution is 0.101. The van der Waals surface area contributed by atoms with E-state index in [1.165, 1.54) is 14.0 Å². The Labute approximate surface area is 159 Å². The Bertz CT molecular complexity index is 1150. The van der Waals surface area contributed by atoms with E-state index in [1.807, 2.05) is 18.2 Å². The first-order valence-electron chi connectivity index (χ1n) is 8.06. The van der Waals surface area contributed by atoms with Gasteiger partial charge in [0, 0.05) is 11.9 Å². The van der Waals surface area contributed by atoms with Crippen molar-refractivity contribution in [2.24, 2.45) is 0 Å². The maximum absolute atomic E-state index is 11.8. The maximum Gasteiger partial charge on any atom is 0.243 e. The number of halogens is 1. The number of imidazole rings is 1. The van der Waals surface area contributed by atoms with Crippen LogP contribution in [0, 0.1) is 0 Å². The van der Waals surface area contributed by atoms with E-state index in [0.29, 0.717) is 22.9 Å². The van der Waals surface area contributed by atoms with Gasteiger partial charge in [0.2, 0.25) is 5.28 Å². The molecule has 0 bridgehead atoms. The van der Waals surface area contributed by atoms with Crippen molar-refractivity contribution < 1.29 is 9.53 Å². The van der Waals surface area contributed by atoms with Gasteiger partial charge in [-0.1, -0.05) is 0 Å². The highest BCUT2D eigenvalue weighted by Gasteiger charge is 2.12. The molecular weight excluding hydrogens is 368 g/mol. The number of aromatic nitrogens is 5. The van der Waals surface area contributed by atoms with Gasteiger partial charge in [-0.15, -0.1) is 5.10 Å². The van der Waals surface area contributed by atoms with Crippen molar-refractivity contribution in [3.8, 4) is 11.4 Å². The number of hydrogen-bond acceptors (Lipinski definition) is 6. The lowest BCUT2D eigenvalue weighted by atomic mass is 10.1. The van der Waals surface area contributed by atoms with Crippen molar-refractivity contribution in [1.29, 1.82) is 0 Å². The number of nitrogens with zero attached hydrogens (tertiary/aromatic N) is 5. The van der Waals surface area contributed by atoms with E-state index < -0.39 is 0 Å². The van der Waals surface area contributed by atoms with Crippen LogP contribution in [0.5, 0.6) is 5.75 Å². The lowest BCUT2D eigenvalue weighted by Crippen LogP contribution is -2.01. The van der Waals surface area contributed by atoms with Crippen LogP contribution in [0.3, 0.4) is 0 Å². The summed E-state index contributed by atoms with van der Waals surface area (Å²) in [5.74, 6) is 1.59. The van der Waals surface area contributed by atoms with Crippen molar-refractivity contribution in [1.82, 2.24) is 24.1 Å². The number of benzene rings is 1. The van der Waals surface area contributed by atoms with Crippen LogP contribution >= 0.6 is 11.6 Å². The zero-order valence-electron chi connectivity index (χ0n) is 14.5. The first-order chi connectivity index (χ1) is 13.0. The fourth-order valence-corrected chi connectivity index (χ4v) is 2.95. The quantitative estimate of drug-likeness (QED) is 0.531. The molecule has 0 fully saturated rings. The fraction of sp³-hybridized carbons (Fsp3) is 0.111. The molecular formula is C18H15ClN6O2. The fourth-order valence-electron chi connectivity index (χ4n) is 2.78. The number of carbonyl (C=O) groups excluding carboxylic acids is 1. The SMILES string of the molecule is COc1ccc(-n2cnc(Nc3nc(Cl)nn4cccc34)c2)cc1C(C)=O. The van der Waals surface area contributed by atoms with Gasteiger partial charge in [-0.2, -0.15) is 4.98 Å². The third-order valence-electron chi connectivity index (χ3n) is 4.05. The summed E-state index contributed by atoms with van der Waals surface area (Å²) < 4.78 is 8.67. The molecule has 8 nitrogen and oxygen atoms in total. The number of methoxy groups -OCH3 is 1. The van der Waals surface area contributed by atoms with Gasteiger partial charge in [0.1, 0.15) is 23.4 Å². The predicted octanol–water partition coefficient (Wildman–Crippen LogP) is 3.52. The van der Waals surface area contributed by atoms with Crippen LogP contribution in [0.25, 0.3) is 11.2 Å². The number of rotatable bonds is 5. The summed E-state index contributed by atoms with van der Waals surface area (Å²) >= 11 is 5.97. The molecule has 0 saturated heterocycles. The van der Waals surface area contributed by atoms with Gasteiger partial charge in [0.25, 0.3) is 0 Å². The molecule has 0 aliphatic carbocycles. The molecule has 3 heterocycles. The minimum atomic E-state index is -0.0709. The Morgan fingerprint density at radius 3 is 2.93 bits per heavy atom. The number of ketones is 1. The highest BCUT2D eigenvalue weighted by Crippen LogP contribution is 2.24. The summed E-state index contributed by atoms with van der Waals surface area (Å²) in [5, 5.41) is 7.37. The van der Waals surface area contributed by atoms with Crippen LogP contribution in [-0.2, 0) is 0 Å². The minimum absolute atomic E-state index is 0.0709. The van der Waals surface area contributed by atoms with Gasteiger partial charge >= 0.3 is 0 Å². The third-order valence-corrected chi connectivity index (χ3v) is 4.21. The summed E-state index contributed by atoms with van der Waals surface area (Å²) in [6, 6.07) is 9.10.